The molecule has 0 radical (unpaired) electrons. The van der Waals surface area contributed by atoms with E-state index in [1.807, 2.05) is 0 Å². The molecule has 1 aliphatic rings. The molecule has 2 aromatic rings. The number of non-ortho nitro benzene ring substituents is 1. The fourth-order valence-electron chi connectivity index (χ4n) is 3.10. The van der Waals surface area contributed by atoms with Gasteiger partial charge >= 0.3 is 0 Å². The molecular formula is C19H21I2N3O4S2. The van der Waals surface area contributed by atoms with Gasteiger partial charge in [-0.05, 0) is 36.2 Å². The van der Waals surface area contributed by atoms with Crippen LogP contribution in [0.25, 0.3) is 0 Å². The van der Waals surface area contributed by atoms with Crippen LogP contribution < -0.4 is 5.32 Å². The highest BCUT2D eigenvalue weighted by atomic mass is 127. The first-order chi connectivity index (χ1) is 14.4. The average Bonchev–Trinajstić information content (AvgIpc) is 3.04. The molecule has 1 saturated heterocycles. The van der Waals surface area contributed by atoms with Crippen molar-refractivity contribution in [2.24, 2.45) is 0 Å². The molecular weight excluding hydrogens is 652 g/mol. The van der Waals surface area contributed by atoms with Crippen molar-refractivity contribution in [3.8, 4) is 0 Å². The van der Waals surface area contributed by atoms with E-state index in [-0.39, 0.29) is 10.6 Å². The molecule has 3 rings (SSSR count). The largest absolute Gasteiger partial charge is 0.315 e. The van der Waals surface area contributed by atoms with E-state index >= 15 is 0 Å². The standard InChI is InChI=1S/C19H21I2N3O4S2/c20-12-14-2-3-15(13-21)18(10-14)29-17-5-4-16(24(25)26)11-19(17)30(27,28)23-8-1-6-22-7-9-23/h2-5,10-11,22H,1,6-9,12-13H2. The number of nitro groups is 1. The number of nitrogens with zero attached hydrogens (tertiary/aromatic N) is 2. The predicted molar refractivity (Wildman–Crippen MR) is 135 cm³/mol. The van der Waals surface area contributed by atoms with E-state index < -0.39 is 14.9 Å². The zero-order valence-corrected chi connectivity index (χ0v) is 22.0. The summed E-state index contributed by atoms with van der Waals surface area (Å²) in [5.41, 5.74) is 2.03. The second-order valence-electron chi connectivity index (χ2n) is 6.71. The zero-order chi connectivity index (χ0) is 21.7. The summed E-state index contributed by atoms with van der Waals surface area (Å²) >= 11 is 5.94. The fraction of sp³-hybridized carbons (Fsp3) is 0.368. The number of hydrogen-bond donors (Lipinski definition) is 1. The quantitative estimate of drug-likeness (QED) is 0.200. The molecule has 7 nitrogen and oxygen atoms in total. The summed E-state index contributed by atoms with van der Waals surface area (Å²) in [6.07, 6.45) is 0.702. The average molecular weight is 673 g/mol. The monoisotopic (exact) mass is 673 g/mol. The molecule has 1 heterocycles. The Morgan fingerprint density at radius 1 is 1.07 bits per heavy atom. The normalized spacial score (nSPS) is 15.7. The maximum absolute atomic E-state index is 13.5. The lowest BCUT2D eigenvalue weighted by Crippen LogP contribution is -2.34. The number of hydrogen-bond acceptors (Lipinski definition) is 6. The Morgan fingerprint density at radius 3 is 2.57 bits per heavy atom. The van der Waals surface area contributed by atoms with Crippen LogP contribution in [-0.4, -0.2) is 43.8 Å². The molecule has 0 aromatic heterocycles. The molecule has 0 atom stereocenters. The summed E-state index contributed by atoms with van der Waals surface area (Å²) in [7, 11) is -3.86. The molecule has 30 heavy (non-hydrogen) atoms. The Kier molecular flexibility index (Phi) is 8.78. The molecule has 0 unspecified atom stereocenters. The fourth-order valence-corrected chi connectivity index (χ4v) is 7.53. The summed E-state index contributed by atoms with van der Waals surface area (Å²) in [4.78, 5) is 12.3. The van der Waals surface area contributed by atoms with Gasteiger partial charge in [0, 0.05) is 50.4 Å². The van der Waals surface area contributed by atoms with Crippen LogP contribution in [0.5, 0.6) is 0 Å². The lowest BCUT2D eigenvalue weighted by Gasteiger charge is -2.21. The van der Waals surface area contributed by atoms with Gasteiger partial charge in [0.1, 0.15) is 4.90 Å². The first kappa shape index (κ1) is 24.2. The van der Waals surface area contributed by atoms with Crippen LogP contribution in [-0.2, 0) is 18.9 Å². The highest BCUT2D eigenvalue weighted by Gasteiger charge is 2.30. The van der Waals surface area contributed by atoms with E-state index in [0.717, 1.165) is 31.4 Å². The Labute approximate surface area is 207 Å². The number of rotatable bonds is 7. The number of sulfonamides is 1. The lowest BCUT2D eigenvalue weighted by atomic mass is 10.2. The van der Waals surface area contributed by atoms with Gasteiger partial charge in [0.15, 0.2) is 0 Å². The molecule has 0 amide bonds. The van der Waals surface area contributed by atoms with E-state index in [0.29, 0.717) is 31.0 Å². The molecule has 162 valence electrons. The van der Waals surface area contributed by atoms with Gasteiger partial charge < -0.3 is 5.32 Å². The molecule has 0 bridgehead atoms. The van der Waals surface area contributed by atoms with Crippen LogP contribution in [0.15, 0.2) is 51.1 Å². The lowest BCUT2D eigenvalue weighted by molar-refractivity contribution is -0.385. The van der Waals surface area contributed by atoms with Gasteiger partial charge in [-0.15, -0.1) is 0 Å². The minimum Gasteiger partial charge on any atom is -0.315 e. The van der Waals surface area contributed by atoms with Crippen LogP contribution in [0.1, 0.15) is 17.5 Å². The smallest absolute Gasteiger partial charge is 0.270 e. The maximum Gasteiger partial charge on any atom is 0.270 e. The predicted octanol–water partition coefficient (Wildman–Crippen LogP) is 4.60. The van der Waals surface area contributed by atoms with Crippen molar-refractivity contribution in [2.45, 2.75) is 30.0 Å². The summed E-state index contributed by atoms with van der Waals surface area (Å²) in [5, 5.41) is 14.5. The second kappa shape index (κ2) is 10.9. The van der Waals surface area contributed by atoms with Crippen molar-refractivity contribution in [3.05, 3.63) is 57.6 Å². The number of halogens is 2. The van der Waals surface area contributed by atoms with Gasteiger partial charge in [-0.3, -0.25) is 10.1 Å². The van der Waals surface area contributed by atoms with Crippen molar-refractivity contribution >= 4 is 72.7 Å². The molecule has 1 aliphatic heterocycles. The van der Waals surface area contributed by atoms with Crippen molar-refractivity contribution in [1.29, 1.82) is 0 Å². The van der Waals surface area contributed by atoms with Crippen LogP contribution in [0, 0.1) is 10.1 Å². The molecule has 2 aromatic carbocycles. The molecule has 1 fully saturated rings. The van der Waals surface area contributed by atoms with E-state index in [2.05, 4.69) is 68.7 Å². The maximum atomic E-state index is 13.5. The third-order valence-electron chi connectivity index (χ3n) is 4.70. The van der Waals surface area contributed by atoms with Gasteiger partial charge in [-0.2, -0.15) is 4.31 Å². The Hall–Kier alpha value is -0.480. The van der Waals surface area contributed by atoms with Crippen LogP contribution >= 0.6 is 56.9 Å². The van der Waals surface area contributed by atoms with Gasteiger partial charge in [-0.1, -0.05) is 69.1 Å². The SMILES string of the molecule is O=[N+]([O-])c1ccc(Sc2cc(CI)ccc2CI)c(S(=O)(=O)N2CCCNCC2)c1. The van der Waals surface area contributed by atoms with E-state index in [4.69, 9.17) is 0 Å². The van der Waals surface area contributed by atoms with Crippen LogP contribution in [0.4, 0.5) is 5.69 Å². The third-order valence-corrected chi connectivity index (χ3v) is 9.65. The Balaban J connectivity index is 2.08. The van der Waals surface area contributed by atoms with Gasteiger partial charge in [-0.25, -0.2) is 8.42 Å². The zero-order valence-electron chi connectivity index (χ0n) is 16.0. The minimum absolute atomic E-state index is 0.00267. The van der Waals surface area contributed by atoms with Crippen molar-refractivity contribution in [1.82, 2.24) is 9.62 Å². The summed E-state index contributed by atoms with van der Waals surface area (Å²) in [6.45, 7) is 2.06. The number of benzene rings is 2. The molecule has 0 aliphatic carbocycles. The summed E-state index contributed by atoms with van der Waals surface area (Å²) in [5.74, 6) is 0. The minimum atomic E-state index is -3.86. The Morgan fingerprint density at radius 2 is 1.87 bits per heavy atom. The number of nitro benzene ring substituents is 1. The van der Waals surface area contributed by atoms with Gasteiger partial charge in [0.2, 0.25) is 10.0 Å². The summed E-state index contributed by atoms with van der Waals surface area (Å²) < 4.78 is 30.0. The van der Waals surface area contributed by atoms with Gasteiger partial charge in [0.05, 0.1) is 4.92 Å². The van der Waals surface area contributed by atoms with Crippen LogP contribution in [0.2, 0.25) is 0 Å². The number of nitrogens with one attached hydrogen (secondary N) is 1. The van der Waals surface area contributed by atoms with Crippen molar-refractivity contribution in [2.75, 3.05) is 26.2 Å². The molecule has 1 N–H and O–H groups in total. The van der Waals surface area contributed by atoms with Crippen LogP contribution in [0.3, 0.4) is 0 Å². The van der Waals surface area contributed by atoms with Crippen molar-refractivity contribution < 1.29 is 13.3 Å². The van der Waals surface area contributed by atoms with Crippen molar-refractivity contribution in [3.63, 3.8) is 0 Å². The Bertz CT molecular complexity index is 1030. The van der Waals surface area contributed by atoms with E-state index in [9.17, 15) is 18.5 Å². The molecule has 11 heteroatoms. The highest BCUT2D eigenvalue weighted by molar-refractivity contribution is 14.1. The number of alkyl halides is 2. The van der Waals surface area contributed by atoms with E-state index in [1.54, 1.807) is 6.07 Å². The molecule has 0 saturated carbocycles. The third kappa shape index (κ3) is 5.65. The second-order valence-corrected chi connectivity index (χ2v) is 11.2. The van der Waals surface area contributed by atoms with Gasteiger partial charge in [0.25, 0.3) is 5.69 Å². The first-order valence-electron chi connectivity index (χ1n) is 9.27. The molecule has 0 spiro atoms. The first-order valence-corrected chi connectivity index (χ1v) is 14.6. The summed E-state index contributed by atoms with van der Waals surface area (Å²) in [6, 6.07) is 10.3. The van der Waals surface area contributed by atoms with E-state index in [1.165, 1.54) is 28.2 Å². The topological polar surface area (TPSA) is 92.5 Å². The highest BCUT2D eigenvalue weighted by Crippen LogP contribution is 2.39.